The predicted molar refractivity (Wildman–Crippen MR) is 110 cm³/mol. The molecule has 1 saturated heterocycles. The third-order valence-corrected chi connectivity index (χ3v) is 6.48. The summed E-state index contributed by atoms with van der Waals surface area (Å²) in [6.07, 6.45) is -0.511. The van der Waals surface area contributed by atoms with Gasteiger partial charge in [0.1, 0.15) is 11.9 Å². The number of hydrogen-bond acceptors (Lipinski definition) is 2. The summed E-state index contributed by atoms with van der Waals surface area (Å²) in [5.74, 6) is -1.52. The standard InChI is InChI=1S/C24H24F4N2O2/c25-18-11-10-17(19(13-18)24(26,27)28)14-29-22(31)21-12-16-8-4-5-9-20(16)30(21)23(32)15-6-2-1-3-7-15/h1-3,6-7,10-11,13,16,20-21H,4-5,8-9,12,14H2,(H,29,31). The second-order valence-corrected chi connectivity index (χ2v) is 8.46. The number of amides is 2. The minimum Gasteiger partial charge on any atom is -0.350 e. The topological polar surface area (TPSA) is 49.4 Å². The van der Waals surface area contributed by atoms with Crippen molar-refractivity contribution in [3.05, 3.63) is 71.0 Å². The second kappa shape index (κ2) is 8.92. The lowest BCUT2D eigenvalue weighted by Crippen LogP contribution is -2.49. The SMILES string of the molecule is O=C(NCc1ccc(F)cc1C(F)(F)F)C1CC2CCCCC2N1C(=O)c1ccccc1. The lowest BCUT2D eigenvalue weighted by atomic mass is 9.84. The maximum Gasteiger partial charge on any atom is 0.416 e. The molecule has 3 unspecified atom stereocenters. The van der Waals surface area contributed by atoms with Crippen LogP contribution in [0.5, 0.6) is 0 Å². The summed E-state index contributed by atoms with van der Waals surface area (Å²) in [7, 11) is 0. The molecule has 1 saturated carbocycles. The summed E-state index contributed by atoms with van der Waals surface area (Å²) in [5.41, 5.74) is -0.854. The molecule has 0 aromatic heterocycles. The van der Waals surface area contributed by atoms with Crippen molar-refractivity contribution < 1.29 is 27.2 Å². The van der Waals surface area contributed by atoms with Crippen LogP contribution in [-0.4, -0.2) is 28.8 Å². The monoisotopic (exact) mass is 448 g/mol. The van der Waals surface area contributed by atoms with Crippen LogP contribution in [0.1, 0.15) is 53.6 Å². The van der Waals surface area contributed by atoms with Crippen LogP contribution in [0.3, 0.4) is 0 Å². The average molecular weight is 448 g/mol. The van der Waals surface area contributed by atoms with E-state index in [9.17, 15) is 27.2 Å². The van der Waals surface area contributed by atoms with Gasteiger partial charge in [0.05, 0.1) is 5.56 Å². The van der Waals surface area contributed by atoms with Crippen molar-refractivity contribution in [3.63, 3.8) is 0 Å². The number of nitrogens with one attached hydrogen (secondary N) is 1. The van der Waals surface area contributed by atoms with Gasteiger partial charge in [0.15, 0.2) is 0 Å². The molecule has 0 radical (unpaired) electrons. The summed E-state index contributed by atoms with van der Waals surface area (Å²) in [6, 6.07) is 10.3. The van der Waals surface area contributed by atoms with E-state index in [1.54, 1.807) is 35.2 Å². The van der Waals surface area contributed by atoms with Gasteiger partial charge in [-0.3, -0.25) is 9.59 Å². The van der Waals surface area contributed by atoms with Gasteiger partial charge in [-0.15, -0.1) is 0 Å². The molecule has 0 spiro atoms. The Morgan fingerprint density at radius 1 is 1.03 bits per heavy atom. The van der Waals surface area contributed by atoms with E-state index in [-0.39, 0.29) is 23.4 Å². The number of nitrogens with zero attached hydrogens (tertiary/aromatic N) is 1. The molecule has 3 atom stereocenters. The van der Waals surface area contributed by atoms with E-state index < -0.39 is 36.1 Å². The highest BCUT2D eigenvalue weighted by molar-refractivity contribution is 5.98. The third-order valence-electron chi connectivity index (χ3n) is 6.48. The molecule has 4 nitrogen and oxygen atoms in total. The van der Waals surface area contributed by atoms with E-state index >= 15 is 0 Å². The first kappa shape index (κ1) is 22.3. The Morgan fingerprint density at radius 3 is 2.47 bits per heavy atom. The number of carbonyl (C=O) groups is 2. The molecule has 2 fully saturated rings. The number of hydrogen-bond donors (Lipinski definition) is 1. The van der Waals surface area contributed by atoms with Crippen molar-refractivity contribution in [3.8, 4) is 0 Å². The molecule has 1 aliphatic heterocycles. The Morgan fingerprint density at radius 2 is 1.75 bits per heavy atom. The summed E-state index contributed by atoms with van der Waals surface area (Å²) < 4.78 is 53.2. The van der Waals surface area contributed by atoms with Crippen molar-refractivity contribution in [2.24, 2.45) is 5.92 Å². The van der Waals surface area contributed by atoms with Crippen molar-refractivity contribution in [2.45, 2.75) is 56.9 Å². The van der Waals surface area contributed by atoms with Crippen LogP contribution in [0.25, 0.3) is 0 Å². The van der Waals surface area contributed by atoms with Crippen LogP contribution in [0, 0.1) is 11.7 Å². The van der Waals surface area contributed by atoms with Gasteiger partial charge in [-0.05, 0) is 55.0 Å². The van der Waals surface area contributed by atoms with E-state index in [1.165, 1.54) is 0 Å². The lowest BCUT2D eigenvalue weighted by molar-refractivity contribution is -0.138. The van der Waals surface area contributed by atoms with Gasteiger partial charge < -0.3 is 10.2 Å². The number of likely N-dealkylation sites (tertiary alicyclic amines) is 1. The van der Waals surface area contributed by atoms with Crippen LogP contribution in [0.15, 0.2) is 48.5 Å². The smallest absolute Gasteiger partial charge is 0.350 e. The summed E-state index contributed by atoms with van der Waals surface area (Å²) in [6.45, 7) is -0.396. The first-order chi connectivity index (χ1) is 15.3. The molecule has 4 rings (SSSR count). The van der Waals surface area contributed by atoms with Crippen LogP contribution in [0.4, 0.5) is 17.6 Å². The van der Waals surface area contributed by atoms with Crippen molar-refractivity contribution in [2.75, 3.05) is 0 Å². The van der Waals surface area contributed by atoms with E-state index in [2.05, 4.69) is 5.32 Å². The zero-order valence-electron chi connectivity index (χ0n) is 17.4. The molecule has 1 N–H and O–H groups in total. The molecule has 1 heterocycles. The summed E-state index contributed by atoms with van der Waals surface area (Å²) in [5, 5.41) is 2.56. The average Bonchev–Trinajstić information content (AvgIpc) is 3.17. The highest BCUT2D eigenvalue weighted by atomic mass is 19.4. The Bertz CT molecular complexity index is 993. The summed E-state index contributed by atoms with van der Waals surface area (Å²) in [4.78, 5) is 28.0. The van der Waals surface area contributed by atoms with Crippen LogP contribution >= 0.6 is 0 Å². The van der Waals surface area contributed by atoms with Crippen LogP contribution < -0.4 is 5.32 Å². The molecule has 0 bridgehead atoms. The zero-order chi connectivity index (χ0) is 22.9. The van der Waals surface area contributed by atoms with Gasteiger partial charge in [0.25, 0.3) is 5.91 Å². The zero-order valence-corrected chi connectivity index (χ0v) is 17.4. The first-order valence-corrected chi connectivity index (χ1v) is 10.8. The molecule has 32 heavy (non-hydrogen) atoms. The molecular weight excluding hydrogens is 424 g/mol. The molecule has 2 amide bonds. The highest BCUT2D eigenvalue weighted by Gasteiger charge is 2.47. The molecule has 2 aromatic rings. The number of rotatable bonds is 4. The van der Waals surface area contributed by atoms with Gasteiger partial charge in [-0.1, -0.05) is 37.1 Å². The summed E-state index contributed by atoms with van der Waals surface area (Å²) >= 11 is 0. The largest absolute Gasteiger partial charge is 0.416 e. The quantitative estimate of drug-likeness (QED) is 0.674. The second-order valence-electron chi connectivity index (χ2n) is 8.46. The van der Waals surface area contributed by atoms with Gasteiger partial charge in [0, 0.05) is 18.2 Å². The normalized spacial score (nSPS) is 23.0. The number of carbonyl (C=O) groups excluding carboxylic acids is 2. The Kier molecular flexibility index (Phi) is 6.22. The van der Waals surface area contributed by atoms with Crippen LogP contribution in [-0.2, 0) is 17.5 Å². The lowest BCUT2D eigenvalue weighted by Gasteiger charge is -2.33. The molecule has 2 aromatic carbocycles. The van der Waals surface area contributed by atoms with Gasteiger partial charge >= 0.3 is 6.18 Å². The van der Waals surface area contributed by atoms with Crippen molar-refractivity contribution >= 4 is 11.8 Å². The van der Waals surface area contributed by atoms with E-state index in [4.69, 9.17) is 0 Å². The molecule has 1 aliphatic carbocycles. The van der Waals surface area contributed by atoms with Gasteiger partial charge in [0.2, 0.25) is 5.91 Å². The number of benzene rings is 2. The molecule has 8 heteroatoms. The Hall–Kier alpha value is -2.90. The minimum atomic E-state index is -4.74. The predicted octanol–water partition coefficient (Wildman–Crippen LogP) is 4.93. The van der Waals surface area contributed by atoms with E-state index in [1.807, 2.05) is 0 Å². The fourth-order valence-corrected chi connectivity index (χ4v) is 4.98. The molecule has 2 aliphatic rings. The Labute approximate surface area is 183 Å². The number of alkyl halides is 3. The molecule has 170 valence electrons. The number of fused-ring (bicyclic) bond motifs is 1. The first-order valence-electron chi connectivity index (χ1n) is 10.8. The highest BCUT2D eigenvalue weighted by Crippen LogP contribution is 2.40. The van der Waals surface area contributed by atoms with Gasteiger partial charge in [-0.2, -0.15) is 13.2 Å². The maximum atomic E-state index is 13.4. The fraction of sp³-hybridized carbons (Fsp3) is 0.417. The van der Waals surface area contributed by atoms with Crippen molar-refractivity contribution in [1.82, 2.24) is 10.2 Å². The Balaban J connectivity index is 1.55. The van der Waals surface area contributed by atoms with E-state index in [0.717, 1.165) is 37.8 Å². The molecular formula is C24H24F4N2O2. The maximum absolute atomic E-state index is 13.4. The van der Waals surface area contributed by atoms with Gasteiger partial charge in [-0.25, -0.2) is 4.39 Å². The van der Waals surface area contributed by atoms with Crippen LogP contribution in [0.2, 0.25) is 0 Å². The minimum absolute atomic E-state index is 0.0521. The number of halogens is 4. The van der Waals surface area contributed by atoms with Crippen molar-refractivity contribution in [1.29, 1.82) is 0 Å². The third kappa shape index (κ3) is 4.49. The van der Waals surface area contributed by atoms with E-state index in [0.29, 0.717) is 18.1 Å². The fourth-order valence-electron chi connectivity index (χ4n) is 4.98.